The maximum absolute atomic E-state index is 10.9. The number of methoxy groups -OCH3 is 1. The molecule has 0 unspecified atom stereocenters. The maximum Gasteiger partial charge on any atom is 0.308 e. The molecule has 1 saturated carbocycles. The number of hydrogen-bond donors (Lipinski definition) is 0. The first-order valence-corrected chi connectivity index (χ1v) is 7.34. The summed E-state index contributed by atoms with van der Waals surface area (Å²) in [5.74, 6) is 0.193. The van der Waals surface area contributed by atoms with Crippen LogP contribution in [0.5, 0.6) is 0 Å². The van der Waals surface area contributed by atoms with Crippen LogP contribution >= 0.6 is 0 Å². The molecule has 102 valence electrons. The molecule has 0 N–H and O–H groups in total. The molecule has 0 heterocycles. The van der Waals surface area contributed by atoms with Crippen LogP contribution in [0.2, 0.25) is 0 Å². The molecule has 0 bridgehead atoms. The summed E-state index contributed by atoms with van der Waals surface area (Å²) in [6, 6.07) is 0. The zero-order chi connectivity index (χ0) is 12.9. The zero-order valence-electron chi connectivity index (χ0n) is 12.0. The smallest absolute Gasteiger partial charge is 0.308 e. The van der Waals surface area contributed by atoms with Crippen molar-refractivity contribution in [2.24, 2.45) is 5.92 Å². The first-order chi connectivity index (χ1) is 8.26. The molecular weight excluding hydrogens is 212 g/mol. The fourth-order valence-electron chi connectivity index (χ4n) is 2.18. The molecule has 0 aromatic rings. The number of unbranched alkanes of at least 4 members (excludes halogenated alkanes) is 4. The van der Waals surface area contributed by atoms with Crippen LogP contribution in [0.1, 0.15) is 78.1 Å². The predicted molar refractivity (Wildman–Crippen MR) is 73.0 cm³/mol. The van der Waals surface area contributed by atoms with Gasteiger partial charge in [-0.25, -0.2) is 0 Å². The van der Waals surface area contributed by atoms with Gasteiger partial charge in [0, 0.05) is 0 Å². The number of carbonyl (C=O) groups excluding carboxylic acids is 1. The number of hydrogen-bond acceptors (Lipinski definition) is 2. The molecule has 0 saturated heterocycles. The van der Waals surface area contributed by atoms with Gasteiger partial charge in [0.05, 0.1) is 13.0 Å². The van der Waals surface area contributed by atoms with E-state index in [4.69, 9.17) is 0 Å². The fraction of sp³-hybridized carbons (Fsp3) is 0.933. The van der Waals surface area contributed by atoms with Crippen LogP contribution in [0.25, 0.3) is 0 Å². The second-order valence-corrected chi connectivity index (χ2v) is 4.92. The third kappa shape index (κ3) is 9.20. The highest BCUT2D eigenvalue weighted by atomic mass is 16.5. The molecule has 0 aromatic carbocycles. The van der Waals surface area contributed by atoms with Crippen molar-refractivity contribution in [3.8, 4) is 0 Å². The minimum absolute atomic E-state index is 0.0142. The van der Waals surface area contributed by atoms with Crippen LogP contribution in [-0.2, 0) is 9.53 Å². The van der Waals surface area contributed by atoms with Gasteiger partial charge in [0.1, 0.15) is 0 Å². The van der Waals surface area contributed by atoms with Crippen molar-refractivity contribution in [2.75, 3.05) is 7.11 Å². The third-order valence-corrected chi connectivity index (χ3v) is 3.35. The second-order valence-electron chi connectivity index (χ2n) is 4.92. The Hall–Kier alpha value is -0.530. The quantitative estimate of drug-likeness (QED) is 0.515. The highest BCUT2D eigenvalue weighted by Gasteiger charge is 2.20. The van der Waals surface area contributed by atoms with Crippen LogP contribution in [-0.4, -0.2) is 13.1 Å². The second kappa shape index (κ2) is 11.9. The van der Waals surface area contributed by atoms with E-state index in [0.717, 1.165) is 12.8 Å². The first-order valence-electron chi connectivity index (χ1n) is 7.34. The van der Waals surface area contributed by atoms with E-state index in [-0.39, 0.29) is 11.9 Å². The maximum atomic E-state index is 10.9. The SMILES string of the molecule is CCCCCCC.COC(=O)C1CCCCC1. The van der Waals surface area contributed by atoms with E-state index in [1.807, 2.05) is 0 Å². The van der Waals surface area contributed by atoms with E-state index >= 15 is 0 Å². The largest absolute Gasteiger partial charge is 0.469 e. The molecule has 2 nitrogen and oxygen atoms in total. The molecule has 0 amide bonds. The Kier molecular flexibility index (Phi) is 11.6. The van der Waals surface area contributed by atoms with Crippen LogP contribution in [0.3, 0.4) is 0 Å². The Balaban J connectivity index is 0.000000325. The normalized spacial score (nSPS) is 15.9. The van der Waals surface area contributed by atoms with E-state index in [1.165, 1.54) is 58.5 Å². The van der Waals surface area contributed by atoms with Crippen molar-refractivity contribution in [3.63, 3.8) is 0 Å². The van der Waals surface area contributed by atoms with Gasteiger partial charge in [-0.3, -0.25) is 4.79 Å². The van der Waals surface area contributed by atoms with Gasteiger partial charge in [0.2, 0.25) is 0 Å². The lowest BCUT2D eigenvalue weighted by Gasteiger charge is -2.18. The molecule has 1 aliphatic rings. The minimum atomic E-state index is -0.0142. The predicted octanol–water partition coefficient (Wildman–Crippen LogP) is 4.72. The van der Waals surface area contributed by atoms with Crippen molar-refractivity contribution >= 4 is 5.97 Å². The number of esters is 1. The van der Waals surface area contributed by atoms with Gasteiger partial charge < -0.3 is 4.74 Å². The Morgan fingerprint density at radius 3 is 1.94 bits per heavy atom. The lowest BCUT2D eigenvalue weighted by Crippen LogP contribution is -2.18. The van der Waals surface area contributed by atoms with Gasteiger partial charge in [-0.15, -0.1) is 0 Å². The van der Waals surface area contributed by atoms with Gasteiger partial charge >= 0.3 is 5.97 Å². The fourth-order valence-corrected chi connectivity index (χ4v) is 2.18. The molecule has 1 rings (SSSR count). The Labute approximate surface area is 107 Å². The van der Waals surface area contributed by atoms with Crippen molar-refractivity contribution in [2.45, 2.75) is 78.1 Å². The minimum Gasteiger partial charge on any atom is -0.469 e. The standard InChI is InChI=1S/C8H14O2.C7H16/c1-10-8(9)7-5-3-2-4-6-7;1-3-5-7-6-4-2/h7H,2-6H2,1H3;3-7H2,1-2H3. The molecule has 0 radical (unpaired) electrons. The summed E-state index contributed by atoms with van der Waals surface area (Å²) in [6.07, 6.45) is 12.8. The Morgan fingerprint density at radius 2 is 1.53 bits per heavy atom. The molecule has 2 heteroatoms. The third-order valence-electron chi connectivity index (χ3n) is 3.35. The van der Waals surface area contributed by atoms with Crippen molar-refractivity contribution in [1.29, 1.82) is 0 Å². The monoisotopic (exact) mass is 242 g/mol. The van der Waals surface area contributed by atoms with E-state index < -0.39 is 0 Å². The van der Waals surface area contributed by atoms with Gasteiger partial charge in [-0.1, -0.05) is 65.2 Å². The summed E-state index contributed by atoms with van der Waals surface area (Å²) in [5.41, 5.74) is 0. The molecule has 17 heavy (non-hydrogen) atoms. The summed E-state index contributed by atoms with van der Waals surface area (Å²) < 4.78 is 4.65. The van der Waals surface area contributed by atoms with Gasteiger partial charge in [0.25, 0.3) is 0 Å². The molecule has 1 aliphatic carbocycles. The van der Waals surface area contributed by atoms with Crippen LogP contribution < -0.4 is 0 Å². The first kappa shape index (κ1) is 16.5. The summed E-state index contributed by atoms with van der Waals surface area (Å²) in [6.45, 7) is 4.49. The van der Waals surface area contributed by atoms with Crippen molar-refractivity contribution < 1.29 is 9.53 Å². The molecule has 0 aromatic heterocycles. The Bertz CT molecular complexity index is 168. The average Bonchev–Trinajstić information content (AvgIpc) is 2.40. The van der Waals surface area contributed by atoms with E-state index in [1.54, 1.807) is 0 Å². The van der Waals surface area contributed by atoms with Crippen molar-refractivity contribution in [3.05, 3.63) is 0 Å². The van der Waals surface area contributed by atoms with Crippen molar-refractivity contribution in [1.82, 2.24) is 0 Å². The van der Waals surface area contributed by atoms with E-state index in [9.17, 15) is 4.79 Å². The molecule has 1 fully saturated rings. The number of rotatable bonds is 5. The number of carbonyl (C=O) groups is 1. The lowest BCUT2D eigenvalue weighted by atomic mass is 9.89. The summed E-state index contributed by atoms with van der Waals surface area (Å²) in [4.78, 5) is 10.9. The molecule has 0 atom stereocenters. The van der Waals surface area contributed by atoms with Gasteiger partial charge in [-0.2, -0.15) is 0 Å². The molecular formula is C15H30O2. The highest BCUT2D eigenvalue weighted by molar-refractivity contribution is 5.72. The Morgan fingerprint density at radius 1 is 1.00 bits per heavy atom. The lowest BCUT2D eigenvalue weighted by molar-refractivity contribution is -0.146. The van der Waals surface area contributed by atoms with Crippen LogP contribution in [0.15, 0.2) is 0 Å². The average molecular weight is 242 g/mol. The van der Waals surface area contributed by atoms with Gasteiger partial charge in [-0.05, 0) is 12.8 Å². The molecule has 0 aliphatic heterocycles. The number of ether oxygens (including phenoxy) is 1. The topological polar surface area (TPSA) is 26.3 Å². The zero-order valence-corrected chi connectivity index (χ0v) is 12.0. The van der Waals surface area contributed by atoms with Gasteiger partial charge in [0.15, 0.2) is 0 Å². The summed E-state index contributed by atoms with van der Waals surface area (Å²) in [7, 11) is 1.47. The summed E-state index contributed by atoms with van der Waals surface area (Å²) >= 11 is 0. The molecule has 0 spiro atoms. The van der Waals surface area contributed by atoms with Crippen LogP contribution in [0.4, 0.5) is 0 Å². The van der Waals surface area contributed by atoms with Crippen LogP contribution in [0, 0.1) is 5.92 Å². The van der Waals surface area contributed by atoms with E-state index in [0.29, 0.717) is 0 Å². The van der Waals surface area contributed by atoms with E-state index in [2.05, 4.69) is 18.6 Å². The highest BCUT2D eigenvalue weighted by Crippen LogP contribution is 2.24. The summed E-state index contributed by atoms with van der Waals surface area (Å²) in [5, 5.41) is 0.